The van der Waals surface area contributed by atoms with E-state index in [0.717, 1.165) is 0 Å². The Morgan fingerprint density at radius 3 is 2.67 bits per heavy atom. The summed E-state index contributed by atoms with van der Waals surface area (Å²) in [4.78, 5) is 10.3. The standard InChI is InChI=1S/C5H10N2O2/c1-4(8)6-7-2-5(9)3-7/h5,9H,2-3H2,1H3,(H,6,8). The van der Waals surface area contributed by atoms with Crippen LogP contribution in [-0.4, -0.2) is 35.2 Å². The minimum Gasteiger partial charge on any atom is -0.390 e. The fraction of sp³-hybridized carbons (Fsp3) is 0.800. The van der Waals surface area contributed by atoms with Gasteiger partial charge in [-0.1, -0.05) is 0 Å². The van der Waals surface area contributed by atoms with E-state index in [1.54, 1.807) is 5.01 Å². The van der Waals surface area contributed by atoms with E-state index in [9.17, 15) is 4.79 Å². The van der Waals surface area contributed by atoms with Crippen LogP contribution in [0.1, 0.15) is 6.92 Å². The summed E-state index contributed by atoms with van der Waals surface area (Å²) in [6.07, 6.45) is -0.253. The summed E-state index contributed by atoms with van der Waals surface area (Å²) in [5.74, 6) is -0.0816. The first-order chi connectivity index (χ1) is 4.18. The van der Waals surface area contributed by atoms with Crippen molar-refractivity contribution in [3.63, 3.8) is 0 Å². The molecule has 0 atom stereocenters. The van der Waals surface area contributed by atoms with Crippen molar-refractivity contribution >= 4 is 5.91 Å². The Morgan fingerprint density at radius 1 is 1.78 bits per heavy atom. The number of nitrogens with zero attached hydrogens (tertiary/aromatic N) is 1. The van der Waals surface area contributed by atoms with Crippen molar-refractivity contribution in [2.24, 2.45) is 0 Å². The fourth-order valence-electron chi connectivity index (χ4n) is 0.769. The first-order valence-corrected chi connectivity index (χ1v) is 2.88. The van der Waals surface area contributed by atoms with Crippen LogP contribution in [0.15, 0.2) is 0 Å². The number of aliphatic hydroxyl groups is 1. The number of hydrazine groups is 1. The molecule has 0 aromatic heterocycles. The molecule has 9 heavy (non-hydrogen) atoms. The zero-order valence-corrected chi connectivity index (χ0v) is 5.29. The van der Waals surface area contributed by atoms with Gasteiger partial charge in [-0.3, -0.25) is 10.2 Å². The van der Waals surface area contributed by atoms with Crippen LogP contribution in [-0.2, 0) is 4.79 Å². The van der Waals surface area contributed by atoms with Gasteiger partial charge in [-0.15, -0.1) is 0 Å². The molecule has 1 amide bonds. The van der Waals surface area contributed by atoms with Gasteiger partial charge in [0.2, 0.25) is 5.91 Å². The van der Waals surface area contributed by atoms with Crippen LogP contribution >= 0.6 is 0 Å². The highest BCUT2D eigenvalue weighted by Gasteiger charge is 2.24. The number of aliphatic hydroxyl groups excluding tert-OH is 1. The van der Waals surface area contributed by atoms with E-state index >= 15 is 0 Å². The molecule has 0 bridgehead atoms. The van der Waals surface area contributed by atoms with Gasteiger partial charge < -0.3 is 5.11 Å². The number of hydrogen-bond acceptors (Lipinski definition) is 3. The molecule has 1 saturated heterocycles. The van der Waals surface area contributed by atoms with Crippen molar-refractivity contribution < 1.29 is 9.90 Å². The quantitative estimate of drug-likeness (QED) is 0.464. The molecule has 2 N–H and O–H groups in total. The Bertz CT molecular complexity index is 120. The second-order valence-electron chi connectivity index (χ2n) is 2.23. The normalized spacial score (nSPS) is 21.1. The highest BCUT2D eigenvalue weighted by Crippen LogP contribution is 2.01. The first-order valence-electron chi connectivity index (χ1n) is 2.88. The lowest BCUT2D eigenvalue weighted by molar-refractivity contribution is -0.129. The van der Waals surface area contributed by atoms with Gasteiger partial charge >= 0.3 is 0 Å². The van der Waals surface area contributed by atoms with Crippen molar-refractivity contribution in [1.82, 2.24) is 10.4 Å². The molecule has 0 unspecified atom stereocenters. The van der Waals surface area contributed by atoms with Crippen molar-refractivity contribution in [3.8, 4) is 0 Å². The van der Waals surface area contributed by atoms with Gasteiger partial charge in [0.1, 0.15) is 0 Å². The Hall–Kier alpha value is -0.610. The molecule has 4 nitrogen and oxygen atoms in total. The predicted octanol–water partition coefficient (Wildman–Crippen LogP) is -1.29. The number of hydrogen-bond donors (Lipinski definition) is 2. The average Bonchev–Trinajstić information content (AvgIpc) is 1.60. The third-order valence-corrected chi connectivity index (χ3v) is 1.18. The van der Waals surface area contributed by atoms with E-state index in [4.69, 9.17) is 5.11 Å². The summed E-state index contributed by atoms with van der Waals surface area (Å²) >= 11 is 0. The van der Waals surface area contributed by atoms with Crippen molar-refractivity contribution in [3.05, 3.63) is 0 Å². The Balaban J connectivity index is 2.11. The number of carbonyl (C=O) groups excluding carboxylic acids is 1. The molecule has 1 rings (SSSR count). The largest absolute Gasteiger partial charge is 0.390 e. The average molecular weight is 130 g/mol. The van der Waals surface area contributed by atoms with Gasteiger partial charge in [0.15, 0.2) is 0 Å². The summed E-state index contributed by atoms with van der Waals surface area (Å²) in [5, 5.41) is 10.4. The number of β-amino-alcohol motifs (C(OH)–C–C–N with tert-alkyl or cyclic N) is 1. The summed E-state index contributed by atoms with van der Waals surface area (Å²) in [5.41, 5.74) is 2.54. The van der Waals surface area contributed by atoms with E-state index in [0.29, 0.717) is 13.1 Å². The van der Waals surface area contributed by atoms with Crippen LogP contribution in [0.3, 0.4) is 0 Å². The summed E-state index contributed by atoms with van der Waals surface area (Å²) < 4.78 is 0. The van der Waals surface area contributed by atoms with Crippen LogP contribution in [0.5, 0.6) is 0 Å². The van der Waals surface area contributed by atoms with E-state index in [-0.39, 0.29) is 12.0 Å². The molecule has 52 valence electrons. The van der Waals surface area contributed by atoms with Gasteiger partial charge in [0.05, 0.1) is 6.10 Å². The van der Waals surface area contributed by atoms with Crippen molar-refractivity contribution in [2.75, 3.05) is 13.1 Å². The van der Waals surface area contributed by atoms with Crippen LogP contribution in [0.25, 0.3) is 0 Å². The smallest absolute Gasteiger partial charge is 0.231 e. The highest BCUT2D eigenvalue weighted by molar-refractivity contribution is 5.72. The molecule has 1 fully saturated rings. The summed E-state index contributed by atoms with van der Waals surface area (Å²) in [6.45, 7) is 2.56. The van der Waals surface area contributed by atoms with E-state index in [1.807, 2.05) is 0 Å². The van der Waals surface area contributed by atoms with E-state index < -0.39 is 0 Å². The van der Waals surface area contributed by atoms with Crippen molar-refractivity contribution in [1.29, 1.82) is 0 Å². The van der Waals surface area contributed by atoms with Gasteiger partial charge in [-0.2, -0.15) is 0 Å². The van der Waals surface area contributed by atoms with Crippen molar-refractivity contribution in [2.45, 2.75) is 13.0 Å². The molecule has 1 heterocycles. The third kappa shape index (κ3) is 1.65. The number of rotatable bonds is 1. The molecule has 0 aromatic rings. The molecule has 0 saturated carbocycles. The molecule has 1 aliphatic rings. The van der Waals surface area contributed by atoms with Gasteiger partial charge in [0, 0.05) is 20.0 Å². The van der Waals surface area contributed by atoms with E-state index in [2.05, 4.69) is 5.43 Å². The maximum absolute atomic E-state index is 10.3. The molecule has 4 heteroatoms. The Kier molecular flexibility index (Phi) is 1.68. The molecule has 0 aromatic carbocycles. The molecule has 1 aliphatic heterocycles. The third-order valence-electron chi connectivity index (χ3n) is 1.18. The minimum absolute atomic E-state index is 0.0816. The lowest BCUT2D eigenvalue weighted by atomic mass is 10.2. The summed E-state index contributed by atoms with van der Waals surface area (Å²) in [7, 11) is 0. The predicted molar refractivity (Wildman–Crippen MR) is 31.4 cm³/mol. The first kappa shape index (κ1) is 6.51. The molecular formula is C5H10N2O2. The lowest BCUT2D eigenvalue weighted by Crippen LogP contribution is -2.58. The fourth-order valence-corrected chi connectivity index (χ4v) is 0.769. The molecule has 0 spiro atoms. The zero-order chi connectivity index (χ0) is 6.85. The lowest BCUT2D eigenvalue weighted by Gasteiger charge is -2.35. The van der Waals surface area contributed by atoms with Gasteiger partial charge in [0.25, 0.3) is 0 Å². The topological polar surface area (TPSA) is 52.6 Å². The molecule has 0 radical (unpaired) electrons. The molecule has 0 aliphatic carbocycles. The van der Waals surface area contributed by atoms with Gasteiger partial charge in [-0.25, -0.2) is 5.01 Å². The maximum Gasteiger partial charge on any atom is 0.231 e. The van der Waals surface area contributed by atoms with Gasteiger partial charge in [-0.05, 0) is 0 Å². The second-order valence-corrected chi connectivity index (χ2v) is 2.23. The maximum atomic E-state index is 10.3. The van der Waals surface area contributed by atoms with Crippen LogP contribution in [0, 0.1) is 0 Å². The highest BCUT2D eigenvalue weighted by atomic mass is 16.3. The zero-order valence-electron chi connectivity index (χ0n) is 5.29. The Morgan fingerprint density at radius 2 is 2.33 bits per heavy atom. The SMILES string of the molecule is CC(=O)NN1CC(O)C1. The monoisotopic (exact) mass is 130 g/mol. The minimum atomic E-state index is -0.253. The number of nitrogens with one attached hydrogen (secondary N) is 1. The van der Waals surface area contributed by atoms with Crippen LogP contribution in [0.2, 0.25) is 0 Å². The molecular weight excluding hydrogens is 120 g/mol. The Labute approximate surface area is 53.4 Å². The number of amides is 1. The van der Waals surface area contributed by atoms with E-state index in [1.165, 1.54) is 6.92 Å². The number of carbonyl (C=O) groups is 1. The second kappa shape index (κ2) is 2.33. The summed E-state index contributed by atoms with van der Waals surface area (Å²) in [6, 6.07) is 0. The van der Waals surface area contributed by atoms with Crippen LogP contribution in [0.4, 0.5) is 0 Å². The van der Waals surface area contributed by atoms with Crippen LogP contribution < -0.4 is 5.43 Å².